The number of carbonyl (C=O) groups excluding carboxylic acids is 1. The van der Waals surface area contributed by atoms with Crippen molar-refractivity contribution in [2.24, 2.45) is 5.92 Å². The van der Waals surface area contributed by atoms with Crippen LogP contribution in [0.15, 0.2) is 48.7 Å². The van der Waals surface area contributed by atoms with Gasteiger partial charge in [0.05, 0.1) is 24.8 Å². The Labute approximate surface area is 165 Å². The number of amides is 1. The summed E-state index contributed by atoms with van der Waals surface area (Å²) in [6.07, 6.45) is 3.81. The molecule has 6 heteroatoms. The van der Waals surface area contributed by atoms with E-state index in [1.807, 2.05) is 41.3 Å². The van der Waals surface area contributed by atoms with Gasteiger partial charge in [0.15, 0.2) is 0 Å². The van der Waals surface area contributed by atoms with Gasteiger partial charge in [0.1, 0.15) is 12.4 Å². The Morgan fingerprint density at radius 2 is 2.04 bits per heavy atom. The summed E-state index contributed by atoms with van der Waals surface area (Å²) in [5.41, 5.74) is 2.11. The Morgan fingerprint density at radius 1 is 1.11 bits per heavy atom. The molecule has 0 spiro atoms. The number of aliphatic hydroxyl groups excluding tert-OH is 1. The maximum atomic E-state index is 13.0. The Bertz CT molecular complexity index is 799. The van der Waals surface area contributed by atoms with Gasteiger partial charge in [-0.15, -0.1) is 0 Å². The summed E-state index contributed by atoms with van der Waals surface area (Å²) in [5, 5.41) is 8.94. The number of rotatable bonds is 7. The first-order valence-electron chi connectivity index (χ1n) is 9.98. The average Bonchev–Trinajstić information content (AvgIpc) is 2.99. The van der Waals surface area contributed by atoms with Gasteiger partial charge in [0.2, 0.25) is 5.91 Å². The number of hydrogen-bond acceptors (Lipinski definition) is 5. The van der Waals surface area contributed by atoms with Gasteiger partial charge >= 0.3 is 0 Å². The second-order valence-corrected chi connectivity index (χ2v) is 7.63. The fourth-order valence-corrected chi connectivity index (χ4v) is 4.29. The molecule has 6 nitrogen and oxygen atoms in total. The van der Waals surface area contributed by atoms with Gasteiger partial charge in [0, 0.05) is 31.9 Å². The fraction of sp³-hybridized carbons (Fsp3) is 0.455. The molecule has 0 unspecified atom stereocenters. The van der Waals surface area contributed by atoms with Crippen LogP contribution in [-0.2, 0) is 17.9 Å². The summed E-state index contributed by atoms with van der Waals surface area (Å²) in [6, 6.07) is 14.1. The average molecular weight is 381 g/mol. The topological polar surface area (TPSA) is 65.9 Å². The Morgan fingerprint density at radius 3 is 2.86 bits per heavy atom. The third-order valence-electron chi connectivity index (χ3n) is 5.59. The van der Waals surface area contributed by atoms with Crippen LogP contribution in [0.4, 0.5) is 0 Å². The molecule has 5 rings (SSSR count). The van der Waals surface area contributed by atoms with Gasteiger partial charge in [0.25, 0.3) is 0 Å². The third-order valence-corrected chi connectivity index (χ3v) is 5.59. The first kappa shape index (κ1) is 18.9. The zero-order chi connectivity index (χ0) is 19.3. The minimum Gasteiger partial charge on any atom is -0.491 e. The molecule has 148 valence electrons. The number of ether oxygens (including phenoxy) is 1. The van der Waals surface area contributed by atoms with E-state index in [1.54, 1.807) is 6.20 Å². The van der Waals surface area contributed by atoms with Gasteiger partial charge in [-0.1, -0.05) is 18.2 Å². The highest BCUT2D eigenvalue weighted by molar-refractivity contribution is 5.80. The predicted octanol–water partition coefficient (Wildman–Crippen LogP) is 2.08. The summed E-state index contributed by atoms with van der Waals surface area (Å²) in [7, 11) is 0. The van der Waals surface area contributed by atoms with E-state index >= 15 is 0 Å². The van der Waals surface area contributed by atoms with Crippen molar-refractivity contribution in [2.75, 3.05) is 26.3 Å². The van der Waals surface area contributed by atoms with E-state index in [0.717, 1.165) is 43.9 Å². The van der Waals surface area contributed by atoms with Crippen LogP contribution in [0.1, 0.15) is 24.1 Å². The maximum Gasteiger partial charge on any atom is 0.227 e. The van der Waals surface area contributed by atoms with Crippen LogP contribution in [0.5, 0.6) is 5.75 Å². The van der Waals surface area contributed by atoms with Crippen molar-refractivity contribution < 1.29 is 14.6 Å². The van der Waals surface area contributed by atoms with Gasteiger partial charge in [-0.2, -0.15) is 0 Å². The minimum atomic E-state index is 0.00787. The van der Waals surface area contributed by atoms with E-state index in [9.17, 15) is 4.79 Å². The van der Waals surface area contributed by atoms with Crippen LogP contribution in [0.25, 0.3) is 0 Å². The highest BCUT2D eigenvalue weighted by Crippen LogP contribution is 2.31. The van der Waals surface area contributed by atoms with Crippen LogP contribution in [0.3, 0.4) is 0 Å². The lowest BCUT2D eigenvalue weighted by atomic mass is 9.94. The van der Waals surface area contributed by atoms with Crippen LogP contribution in [0, 0.1) is 5.92 Å². The second kappa shape index (κ2) is 8.71. The number of aliphatic hydroxyl groups is 1. The van der Waals surface area contributed by atoms with Crippen molar-refractivity contribution in [2.45, 2.75) is 32.0 Å². The Kier molecular flexibility index (Phi) is 5.88. The molecular formula is C22H27N3O3. The van der Waals surface area contributed by atoms with Crippen molar-refractivity contribution in [3.63, 3.8) is 0 Å². The number of aromatic nitrogens is 1. The smallest absolute Gasteiger partial charge is 0.227 e. The number of carbonyl (C=O) groups is 1. The number of pyridine rings is 1. The number of fused-ring (bicyclic) bond motifs is 4. The van der Waals surface area contributed by atoms with Gasteiger partial charge in [-0.05, 0) is 42.7 Å². The highest BCUT2D eigenvalue weighted by Gasteiger charge is 2.40. The molecule has 1 N–H and O–H groups in total. The van der Waals surface area contributed by atoms with Crippen molar-refractivity contribution in [1.82, 2.24) is 14.8 Å². The third kappa shape index (κ3) is 4.34. The maximum absolute atomic E-state index is 13.0. The molecule has 3 fully saturated rings. The highest BCUT2D eigenvalue weighted by atomic mass is 16.5. The quantitative estimate of drug-likeness (QED) is 0.795. The van der Waals surface area contributed by atoms with Crippen LogP contribution in [-0.4, -0.2) is 58.1 Å². The summed E-state index contributed by atoms with van der Waals surface area (Å²) >= 11 is 0. The molecule has 0 radical (unpaired) electrons. The summed E-state index contributed by atoms with van der Waals surface area (Å²) in [4.78, 5) is 21.8. The molecule has 1 amide bonds. The molecule has 1 aromatic heterocycles. The molecule has 3 saturated heterocycles. The van der Waals surface area contributed by atoms with E-state index in [2.05, 4.69) is 16.0 Å². The fourth-order valence-electron chi connectivity index (χ4n) is 4.29. The lowest BCUT2D eigenvalue weighted by Crippen LogP contribution is -2.47. The zero-order valence-corrected chi connectivity index (χ0v) is 16.0. The number of nitrogens with zero attached hydrogens (tertiary/aromatic N) is 3. The molecule has 0 aliphatic carbocycles. The van der Waals surface area contributed by atoms with Crippen molar-refractivity contribution in [3.05, 3.63) is 59.9 Å². The standard InChI is InChI=1S/C22H27N3O3/c26-10-11-28-21-6-3-4-17(12-21)13-24-14-18-7-8-20(16-24)25(22(18)27)15-19-5-1-2-9-23-19/h1-6,9,12,18,20,26H,7-8,10-11,13-16H2/t18-,20+/m0/s1. The number of benzene rings is 1. The van der Waals surface area contributed by atoms with Crippen LogP contribution < -0.4 is 4.74 Å². The Balaban J connectivity index is 1.45. The molecule has 1 aromatic carbocycles. The molecule has 3 aliphatic heterocycles. The van der Waals surface area contributed by atoms with E-state index in [-0.39, 0.29) is 24.5 Å². The molecule has 4 heterocycles. The lowest BCUT2D eigenvalue weighted by Gasteiger charge is -2.35. The van der Waals surface area contributed by atoms with E-state index in [4.69, 9.17) is 9.84 Å². The molecule has 2 atom stereocenters. The van der Waals surface area contributed by atoms with Crippen LogP contribution in [0.2, 0.25) is 0 Å². The van der Waals surface area contributed by atoms with Gasteiger partial charge in [-0.3, -0.25) is 14.7 Å². The SMILES string of the molecule is O=C1[C@H]2CC[C@H](CN(Cc3cccc(OCCO)c3)C2)N1Cc1ccccn1. The largest absolute Gasteiger partial charge is 0.491 e. The molecule has 2 bridgehead atoms. The minimum absolute atomic E-state index is 0.00787. The summed E-state index contributed by atoms with van der Waals surface area (Å²) in [6.45, 7) is 3.39. The summed E-state index contributed by atoms with van der Waals surface area (Å²) in [5.74, 6) is 1.11. The van der Waals surface area contributed by atoms with Gasteiger partial charge < -0.3 is 14.7 Å². The number of hydrogen-bond donors (Lipinski definition) is 1. The predicted molar refractivity (Wildman–Crippen MR) is 106 cm³/mol. The first-order valence-corrected chi connectivity index (χ1v) is 9.98. The van der Waals surface area contributed by atoms with Crippen LogP contribution >= 0.6 is 0 Å². The molecule has 28 heavy (non-hydrogen) atoms. The van der Waals surface area contributed by atoms with E-state index in [0.29, 0.717) is 13.2 Å². The number of piperidine rings is 1. The zero-order valence-electron chi connectivity index (χ0n) is 16.0. The van der Waals surface area contributed by atoms with Crippen molar-refractivity contribution >= 4 is 5.91 Å². The van der Waals surface area contributed by atoms with Crippen molar-refractivity contribution in [3.8, 4) is 5.75 Å². The van der Waals surface area contributed by atoms with E-state index < -0.39 is 0 Å². The lowest BCUT2D eigenvalue weighted by molar-refractivity contribution is -0.140. The monoisotopic (exact) mass is 381 g/mol. The Hall–Kier alpha value is -2.44. The molecular weight excluding hydrogens is 354 g/mol. The molecule has 0 saturated carbocycles. The van der Waals surface area contributed by atoms with Gasteiger partial charge in [-0.25, -0.2) is 0 Å². The second-order valence-electron chi connectivity index (χ2n) is 7.63. The first-order chi connectivity index (χ1) is 13.7. The molecule has 2 aromatic rings. The van der Waals surface area contributed by atoms with E-state index in [1.165, 1.54) is 5.56 Å². The van der Waals surface area contributed by atoms with Crippen molar-refractivity contribution in [1.29, 1.82) is 0 Å². The molecule has 3 aliphatic rings. The summed E-state index contributed by atoms with van der Waals surface area (Å²) < 4.78 is 5.53. The normalized spacial score (nSPS) is 22.3.